The molecular formula is C22H32N4O4S. The first-order valence-corrected chi connectivity index (χ1v) is 11.3. The number of thioether (sulfide) groups is 1. The maximum Gasteiger partial charge on any atom is 0.408 e. The Morgan fingerprint density at radius 2 is 1.94 bits per heavy atom. The molecule has 0 fully saturated rings. The van der Waals surface area contributed by atoms with Crippen LogP contribution >= 0.6 is 11.8 Å². The highest BCUT2D eigenvalue weighted by molar-refractivity contribution is 7.99. The van der Waals surface area contributed by atoms with Gasteiger partial charge in [-0.05, 0) is 57.7 Å². The maximum absolute atomic E-state index is 12.3. The molecule has 0 saturated heterocycles. The van der Waals surface area contributed by atoms with E-state index in [0.29, 0.717) is 0 Å². The van der Waals surface area contributed by atoms with Gasteiger partial charge in [0.1, 0.15) is 11.6 Å². The minimum absolute atomic E-state index is 0.0541. The highest BCUT2D eigenvalue weighted by Crippen LogP contribution is 2.27. The lowest BCUT2D eigenvalue weighted by atomic mass is 9.99. The van der Waals surface area contributed by atoms with Crippen molar-refractivity contribution in [3.63, 3.8) is 0 Å². The van der Waals surface area contributed by atoms with Crippen LogP contribution in [0.5, 0.6) is 0 Å². The molecule has 2 N–H and O–H groups in total. The molecule has 2 atom stereocenters. The normalized spacial score (nSPS) is 13.4. The molecule has 170 valence electrons. The molecule has 1 heterocycles. The lowest BCUT2D eigenvalue weighted by Gasteiger charge is -2.24. The number of hydrogen-bond donors (Lipinski definition) is 2. The Bertz CT molecular complexity index is 907. The number of ether oxygens (including phenoxy) is 1. The van der Waals surface area contributed by atoms with E-state index in [1.165, 1.54) is 0 Å². The van der Waals surface area contributed by atoms with Gasteiger partial charge in [-0.2, -0.15) is 0 Å². The van der Waals surface area contributed by atoms with Crippen molar-refractivity contribution in [1.29, 1.82) is 0 Å². The monoisotopic (exact) mass is 448 g/mol. The van der Waals surface area contributed by atoms with E-state index >= 15 is 0 Å². The van der Waals surface area contributed by atoms with E-state index in [0.717, 1.165) is 35.0 Å². The Morgan fingerprint density at radius 1 is 1.23 bits per heavy atom. The number of nitrogens with one attached hydrogen (secondary N) is 2. The van der Waals surface area contributed by atoms with Gasteiger partial charge in [-0.1, -0.05) is 44.2 Å². The van der Waals surface area contributed by atoms with Crippen molar-refractivity contribution < 1.29 is 18.7 Å². The third kappa shape index (κ3) is 7.57. The third-order valence-electron chi connectivity index (χ3n) is 4.78. The summed E-state index contributed by atoms with van der Waals surface area (Å²) in [6.07, 6.45) is 0.252. The van der Waals surface area contributed by atoms with E-state index in [9.17, 15) is 9.59 Å². The lowest BCUT2D eigenvalue weighted by Crippen LogP contribution is -2.37. The smallest absolute Gasteiger partial charge is 0.408 e. The molecule has 0 unspecified atom stereocenters. The molecule has 0 aliphatic carbocycles. The van der Waals surface area contributed by atoms with E-state index < -0.39 is 17.7 Å². The minimum atomic E-state index is -0.608. The van der Waals surface area contributed by atoms with E-state index in [1.807, 2.05) is 45.9 Å². The molecule has 2 rings (SSSR count). The van der Waals surface area contributed by atoms with E-state index in [-0.39, 0.29) is 28.7 Å². The fraction of sp³-hybridized carbons (Fsp3) is 0.545. The van der Waals surface area contributed by atoms with Crippen LogP contribution < -0.4 is 10.6 Å². The van der Waals surface area contributed by atoms with Gasteiger partial charge in [0.05, 0.1) is 5.75 Å². The van der Waals surface area contributed by atoms with Gasteiger partial charge >= 0.3 is 6.09 Å². The SMILES string of the molecule is CC[C@@H](C)[C@H](NC(=O)OC(C)(C)C)c1nnc(SCC(=O)Nc2cccc(C)c2C)o1. The number of anilines is 1. The summed E-state index contributed by atoms with van der Waals surface area (Å²) in [6.45, 7) is 13.4. The summed E-state index contributed by atoms with van der Waals surface area (Å²) in [5.74, 6) is 0.308. The van der Waals surface area contributed by atoms with Crippen molar-refractivity contribution in [3.05, 3.63) is 35.2 Å². The summed E-state index contributed by atoms with van der Waals surface area (Å²) in [4.78, 5) is 24.6. The first-order chi connectivity index (χ1) is 14.5. The second kappa shape index (κ2) is 10.7. The summed E-state index contributed by atoms with van der Waals surface area (Å²) in [5.41, 5.74) is 2.32. The number of aryl methyl sites for hydroxylation is 1. The topological polar surface area (TPSA) is 106 Å². The van der Waals surface area contributed by atoms with Gasteiger partial charge in [-0.15, -0.1) is 10.2 Å². The number of amides is 2. The molecule has 2 aromatic rings. The summed E-state index contributed by atoms with van der Waals surface area (Å²) in [7, 11) is 0. The standard InChI is InChI=1S/C22H32N4O4S/c1-8-13(2)18(24-20(28)30-22(5,6)7)19-25-26-21(29-19)31-12-17(27)23-16-11-9-10-14(3)15(16)4/h9-11,13,18H,8,12H2,1-7H3,(H,23,27)(H,24,28)/t13-,18+/m1/s1. The predicted octanol–water partition coefficient (Wildman–Crippen LogP) is 5.03. The number of carbonyl (C=O) groups is 2. The van der Waals surface area contributed by atoms with E-state index in [2.05, 4.69) is 20.8 Å². The highest BCUT2D eigenvalue weighted by Gasteiger charge is 2.28. The van der Waals surface area contributed by atoms with Crippen LogP contribution in [0.4, 0.5) is 10.5 Å². The van der Waals surface area contributed by atoms with Gasteiger partial charge < -0.3 is 19.8 Å². The lowest BCUT2D eigenvalue weighted by molar-refractivity contribution is -0.113. The molecule has 2 amide bonds. The molecule has 0 bridgehead atoms. The number of alkyl carbamates (subject to hydrolysis) is 1. The zero-order valence-electron chi connectivity index (χ0n) is 19.2. The first kappa shape index (κ1) is 24.7. The van der Waals surface area contributed by atoms with Crippen molar-refractivity contribution in [2.24, 2.45) is 5.92 Å². The summed E-state index contributed by atoms with van der Waals surface area (Å²) < 4.78 is 11.1. The van der Waals surface area contributed by atoms with Crippen LogP contribution in [0.2, 0.25) is 0 Å². The number of rotatable bonds is 8. The average Bonchev–Trinajstić information content (AvgIpc) is 3.15. The number of aromatic nitrogens is 2. The summed E-state index contributed by atoms with van der Waals surface area (Å²) in [6, 6.07) is 5.29. The first-order valence-electron chi connectivity index (χ1n) is 10.3. The van der Waals surface area contributed by atoms with Gasteiger partial charge in [0.15, 0.2) is 0 Å². The Morgan fingerprint density at radius 3 is 2.58 bits per heavy atom. The van der Waals surface area contributed by atoms with Crippen LogP contribution in [0.3, 0.4) is 0 Å². The molecule has 31 heavy (non-hydrogen) atoms. The predicted molar refractivity (Wildman–Crippen MR) is 121 cm³/mol. The molecule has 0 aliphatic rings. The second-order valence-electron chi connectivity index (χ2n) is 8.50. The molecule has 1 aromatic carbocycles. The van der Waals surface area contributed by atoms with Crippen LogP contribution in [0.15, 0.2) is 27.8 Å². The molecule has 0 spiro atoms. The van der Waals surface area contributed by atoms with Crippen LogP contribution in [-0.2, 0) is 9.53 Å². The van der Waals surface area contributed by atoms with Gasteiger partial charge in [0.2, 0.25) is 11.8 Å². The fourth-order valence-corrected chi connectivity index (χ4v) is 3.29. The summed E-state index contributed by atoms with van der Waals surface area (Å²) in [5, 5.41) is 14.1. The second-order valence-corrected chi connectivity index (χ2v) is 9.43. The van der Waals surface area contributed by atoms with Crippen molar-refractivity contribution in [2.45, 2.75) is 71.8 Å². The minimum Gasteiger partial charge on any atom is -0.444 e. The van der Waals surface area contributed by atoms with Gasteiger partial charge in [0, 0.05) is 5.69 Å². The van der Waals surface area contributed by atoms with Crippen molar-refractivity contribution in [2.75, 3.05) is 11.1 Å². The number of hydrogen-bond acceptors (Lipinski definition) is 7. The number of nitrogens with zero attached hydrogens (tertiary/aromatic N) is 2. The van der Waals surface area contributed by atoms with Crippen molar-refractivity contribution in [1.82, 2.24) is 15.5 Å². The zero-order valence-corrected chi connectivity index (χ0v) is 20.1. The molecular weight excluding hydrogens is 416 g/mol. The van der Waals surface area contributed by atoms with E-state index in [1.54, 1.807) is 20.8 Å². The molecule has 0 radical (unpaired) electrons. The van der Waals surface area contributed by atoms with Gasteiger partial charge in [0.25, 0.3) is 5.22 Å². The van der Waals surface area contributed by atoms with Gasteiger partial charge in [-0.25, -0.2) is 4.79 Å². The Balaban J connectivity index is 2.00. The maximum atomic E-state index is 12.3. The van der Waals surface area contributed by atoms with Gasteiger partial charge in [-0.3, -0.25) is 4.79 Å². The Labute approximate surface area is 187 Å². The average molecular weight is 449 g/mol. The molecule has 9 heteroatoms. The van der Waals surface area contributed by atoms with Crippen LogP contribution in [0, 0.1) is 19.8 Å². The largest absolute Gasteiger partial charge is 0.444 e. The van der Waals surface area contributed by atoms with E-state index in [4.69, 9.17) is 9.15 Å². The van der Waals surface area contributed by atoms with Crippen LogP contribution in [0.1, 0.15) is 64.1 Å². The molecule has 0 saturated carbocycles. The number of benzene rings is 1. The summed E-state index contributed by atoms with van der Waals surface area (Å²) >= 11 is 1.15. The molecule has 0 aliphatic heterocycles. The quantitative estimate of drug-likeness (QED) is 0.546. The molecule has 8 nitrogen and oxygen atoms in total. The van der Waals surface area contributed by atoms with Crippen molar-refractivity contribution >= 4 is 29.4 Å². The fourth-order valence-electron chi connectivity index (χ4n) is 2.72. The highest BCUT2D eigenvalue weighted by atomic mass is 32.2. The Kier molecular flexibility index (Phi) is 8.50. The van der Waals surface area contributed by atoms with Crippen LogP contribution in [-0.4, -0.2) is 33.6 Å². The number of carbonyl (C=O) groups excluding carboxylic acids is 2. The Hall–Kier alpha value is -2.55. The zero-order chi connectivity index (χ0) is 23.2. The van der Waals surface area contributed by atoms with Crippen molar-refractivity contribution in [3.8, 4) is 0 Å². The molecule has 1 aromatic heterocycles. The third-order valence-corrected chi connectivity index (χ3v) is 5.60. The van der Waals surface area contributed by atoms with Crippen LogP contribution in [0.25, 0.3) is 0 Å².